The van der Waals surface area contributed by atoms with Gasteiger partial charge in [0.1, 0.15) is 0 Å². The number of halogens is 3. The first-order chi connectivity index (χ1) is 10.9. The van der Waals surface area contributed by atoms with Gasteiger partial charge in [-0.05, 0) is 42.7 Å². The van der Waals surface area contributed by atoms with Gasteiger partial charge in [0.15, 0.2) is 0 Å². The van der Waals surface area contributed by atoms with E-state index in [4.69, 9.17) is 0 Å². The maximum Gasteiger partial charge on any atom is 0.416 e. The van der Waals surface area contributed by atoms with Gasteiger partial charge in [0.05, 0.1) is 5.56 Å². The van der Waals surface area contributed by atoms with Gasteiger partial charge in [-0.15, -0.1) is 0 Å². The number of alkyl halides is 3. The molecule has 0 aliphatic carbocycles. The van der Waals surface area contributed by atoms with Crippen LogP contribution in [0, 0.1) is 6.92 Å². The zero-order chi connectivity index (χ0) is 16.9. The van der Waals surface area contributed by atoms with Crippen LogP contribution in [0.5, 0.6) is 0 Å². The highest BCUT2D eigenvalue weighted by molar-refractivity contribution is 5.57. The molecule has 2 N–H and O–H groups in total. The van der Waals surface area contributed by atoms with E-state index in [1.165, 1.54) is 17.2 Å². The number of aryl methyl sites for hydroxylation is 2. The summed E-state index contributed by atoms with van der Waals surface area (Å²) in [6, 6.07) is 11.4. The summed E-state index contributed by atoms with van der Waals surface area (Å²) in [4.78, 5) is 0. The van der Waals surface area contributed by atoms with Gasteiger partial charge >= 0.3 is 6.18 Å². The zero-order valence-corrected chi connectivity index (χ0v) is 13.3. The second-order valence-corrected chi connectivity index (χ2v) is 5.39. The van der Waals surface area contributed by atoms with E-state index < -0.39 is 11.7 Å². The van der Waals surface area contributed by atoms with Crippen LogP contribution in [0.1, 0.15) is 23.6 Å². The number of nitrogens with one attached hydrogen (secondary N) is 2. The van der Waals surface area contributed by atoms with Gasteiger partial charge in [0, 0.05) is 24.5 Å². The van der Waals surface area contributed by atoms with Crippen molar-refractivity contribution >= 4 is 11.4 Å². The summed E-state index contributed by atoms with van der Waals surface area (Å²) in [5.41, 5.74) is 3.36. The Labute approximate surface area is 134 Å². The average molecular weight is 322 g/mol. The first-order valence-corrected chi connectivity index (χ1v) is 7.65. The van der Waals surface area contributed by atoms with E-state index in [-0.39, 0.29) is 0 Å². The molecule has 5 heteroatoms. The van der Waals surface area contributed by atoms with Crippen molar-refractivity contribution in [2.75, 3.05) is 23.7 Å². The summed E-state index contributed by atoms with van der Waals surface area (Å²) in [5, 5.41) is 6.38. The zero-order valence-electron chi connectivity index (χ0n) is 13.3. The standard InChI is InChI=1S/C18H21F3N2/c1-3-14-7-4-6-13(2)17(14)23-11-10-22-16-9-5-8-15(12-16)18(19,20)21/h4-9,12,22-23H,3,10-11H2,1-2H3. The molecule has 0 saturated carbocycles. The summed E-state index contributed by atoms with van der Waals surface area (Å²) in [6.45, 7) is 5.31. The molecule has 2 aromatic carbocycles. The Morgan fingerprint density at radius 2 is 1.65 bits per heavy atom. The fraction of sp³-hybridized carbons (Fsp3) is 0.333. The molecule has 0 aliphatic heterocycles. The molecule has 0 unspecified atom stereocenters. The minimum atomic E-state index is -4.31. The highest BCUT2D eigenvalue weighted by Crippen LogP contribution is 2.30. The van der Waals surface area contributed by atoms with Crippen LogP contribution in [-0.4, -0.2) is 13.1 Å². The Morgan fingerprint density at radius 1 is 0.957 bits per heavy atom. The summed E-state index contributed by atoms with van der Waals surface area (Å²) in [5.74, 6) is 0. The summed E-state index contributed by atoms with van der Waals surface area (Å²) < 4.78 is 38.0. The van der Waals surface area contributed by atoms with Crippen molar-refractivity contribution in [1.29, 1.82) is 0 Å². The van der Waals surface area contributed by atoms with Crippen molar-refractivity contribution in [3.63, 3.8) is 0 Å². The molecule has 0 bridgehead atoms. The Kier molecular flexibility index (Phi) is 5.53. The van der Waals surface area contributed by atoms with Crippen LogP contribution in [-0.2, 0) is 12.6 Å². The van der Waals surface area contributed by atoms with Gasteiger partial charge in [0.25, 0.3) is 0 Å². The lowest BCUT2D eigenvalue weighted by molar-refractivity contribution is -0.137. The Morgan fingerprint density at radius 3 is 2.35 bits per heavy atom. The number of anilines is 2. The minimum absolute atomic E-state index is 0.474. The van der Waals surface area contributed by atoms with E-state index in [2.05, 4.69) is 23.6 Å². The second-order valence-electron chi connectivity index (χ2n) is 5.39. The molecule has 0 aliphatic rings. The molecule has 0 radical (unpaired) electrons. The van der Waals surface area contributed by atoms with Crippen LogP contribution in [0.25, 0.3) is 0 Å². The third kappa shape index (κ3) is 4.65. The molecular formula is C18H21F3N2. The lowest BCUT2D eigenvalue weighted by Crippen LogP contribution is -2.15. The average Bonchev–Trinajstić information content (AvgIpc) is 2.52. The number of rotatable bonds is 6. The van der Waals surface area contributed by atoms with E-state index >= 15 is 0 Å². The van der Waals surface area contributed by atoms with Gasteiger partial charge < -0.3 is 10.6 Å². The van der Waals surface area contributed by atoms with E-state index in [9.17, 15) is 13.2 Å². The van der Waals surface area contributed by atoms with Crippen molar-refractivity contribution < 1.29 is 13.2 Å². The predicted octanol–water partition coefficient (Wildman–Crippen LogP) is 5.10. The topological polar surface area (TPSA) is 24.1 Å². The highest BCUT2D eigenvalue weighted by atomic mass is 19.4. The fourth-order valence-electron chi connectivity index (χ4n) is 2.48. The van der Waals surface area contributed by atoms with Crippen LogP contribution in [0.2, 0.25) is 0 Å². The smallest absolute Gasteiger partial charge is 0.383 e. The van der Waals surface area contributed by atoms with Crippen molar-refractivity contribution in [1.82, 2.24) is 0 Å². The highest BCUT2D eigenvalue weighted by Gasteiger charge is 2.30. The molecule has 0 heterocycles. The van der Waals surface area contributed by atoms with E-state index in [0.29, 0.717) is 18.8 Å². The minimum Gasteiger partial charge on any atom is -0.383 e. The Balaban J connectivity index is 1.92. The molecule has 0 spiro atoms. The van der Waals surface area contributed by atoms with Crippen LogP contribution < -0.4 is 10.6 Å². The van der Waals surface area contributed by atoms with Crippen LogP contribution in [0.4, 0.5) is 24.5 Å². The predicted molar refractivity (Wildman–Crippen MR) is 89.0 cm³/mol. The fourth-order valence-corrected chi connectivity index (χ4v) is 2.48. The molecule has 0 amide bonds. The van der Waals surface area contributed by atoms with E-state index in [1.54, 1.807) is 6.07 Å². The number of benzene rings is 2. The van der Waals surface area contributed by atoms with E-state index in [0.717, 1.165) is 24.2 Å². The van der Waals surface area contributed by atoms with Crippen LogP contribution in [0.15, 0.2) is 42.5 Å². The van der Waals surface area contributed by atoms with Crippen molar-refractivity contribution in [3.8, 4) is 0 Å². The van der Waals surface area contributed by atoms with Crippen LogP contribution >= 0.6 is 0 Å². The first kappa shape index (κ1) is 17.2. The summed E-state index contributed by atoms with van der Waals surface area (Å²) in [6.07, 6.45) is -3.38. The van der Waals surface area contributed by atoms with E-state index in [1.807, 2.05) is 19.1 Å². The second kappa shape index (κ2) is 7.40. The molecular weight excluding hydrogens is 301 g/mol. The van der Waals surface area contributed by atoms with Crippen molar-refractivity contribution in [2.45, 2.75) is 26.4 Å². The van der Waals surface area contributed by atoms with Gasteiger partial charge in [-0.3, -0.25) is 0 Å². The third-order valence-corrected chi connectivity index (χ3v) is 3.69. The molecule has 124 valence electrons. The molecule has 0 atom stereocenters. The van der Waals surface area contributed by atoms with Crippen molar-refractivity contribution in [2.24, 2.45) is 0 Å². The largest absolute Gasteiger partial charge is 0.416 e. The summed E-state index contributed by atoms with van der Waals surface area (Å²) >= 11 is 0. The number of hydrogen-bond acceptors (Lipinski definition) is 2. The molecule has 2 aromatic rings. The molecule has 0 fully saturated rings. The van der Waals surface area contributed by atoms with Crippen molar-refractivity contribution in [3.05, 3.63) is 59.2 Å². The molecule has 23 heavy (non-hydrogen) atoms. The number of hydrogen-bond donors (Lipinski definition) is 2. The number of para-hydroxylation sites is 1. The monoisotopic (exact) mass is 322 g/mol. The molecule has 2 nitrogen and oxygen atoms in total. The summed E-state index contributed by atoms with van der Waals surface area (Å²) in [7, 11) is 0. The Hall–Kier alpha value is -2.17. The van der Waals surface area contributed by atoms with Gasteiger partial charge in [0.2, 0.25) is 0 Å². The lowest BCUT2D eigenvalue weighted by Gasteiger charge is -2.15. The third-order valence-electron chi connectivity index (χ3n) is 3.69. The van der Waals surface area contributed by atoms with Crippen LogP contribution in [0.3, 0.4) is 0 Å². The first-order valence-electron chi connectivity index (χ1n) is 7.65. The normalized spacial score (nSPS) is 11.3. The molecule has 0 aromatic heterocycles. The van der Waals surface area contributed by atoms with Gasteiger partial charge in [-0.1, -0.05) is 31.2 Å². The quantitative estimate of drug-likeness (QED) is 0.723. The van der Waals surface area contributed by atoms with Gasteiger partial charge in [-0.2, -0.15) is 13.2 Å². The maximum absolute atomic E-state index is 12.7. The molecule has 0 saturated heterocycles. The lowest BCUT2D eigenvalue weighted by atomic mass is 10.1. The molecule has 2 rings (SSSR count). The van der Waals surface area contributed by atoms with Gasteiger partial charge in [-0.25, -0.2) is 0 Å². The maximum atomic E-state index is 12.7. The SMILES string of the molecule is CCc1cccc(C)c1NCCNc1cccc(C(F)(F)F)c1. The Bertz CT molecular complexity index is 651.